The molecule has 21 heavy (non-hydrogen) atoms. The highest BCUT2D eigenvalue weighted by molar-refractivity contribution is 7.09. The van der Waals surface area contributed by atoms with Gasteiger partial charge in [0.25, 0.3) is 0 Å². The largest absolute Gasteiger partial charge is 0.481 e. The molecule has 0 saturated carbocycles. The molecule has 2 amide bonds. The van der Waals surface area contributed by atoms with Crippen LogP contribution in [0.15, 0.2) is 17.5 Å². The van der Waals surface area contributed by atoms with E-state index in [0.717, 1.165) is 11.3 Å². The van der Waals surface area contributed by atoms with E-state index in [0.29, 0.717) is 13.0 Å². The molecule has 1 atom stereocenters. The average Bonchev–Trinajstić information content (AvgIpc) is 2.87. The third-order valence-electron chi connectivity index (χ3n) is 3.18. The van der Waals surface area contributed by atoms with E-state index in [1.807, 2.05) is 38.3 Å². The Morgan fingerprint density at radius 2 is 2.14 bits per heavy atom. The maximum absolute atomic E-state index is 12.4. The number of hydrogen-bond donors (Lipinski definition) is 2. The van der Waals surface area contributed by atoms with Crippen LogP contribution in [0, 0.1) is 0 Å². The molecule has 0 aliphatic carbocycles. The lowest BCUT2D eigenvalue weighted by Crippen LogP contribution is -2.47. The summed E-state index contributed by atoms with van der Waals surface area (Å²) in [5, 5.41) is 13.8. The van der Waals surface area contributed by atoms with Crippen molar-refractivity contribution in [1.29, 1.82) is 0 Å². The van der Waals surface area contributed by atoms with Gasteiger partial charge in [0.2, 0.25) is 0 Å². The first-order valence-corrected chi connectivity index (χ1v) is 8.13. The summed E-state index contributed by atoms with van der Waals surface area (Å²) in [5.41, 5.74) is 0. The normalized spacial score (nSPS) is 12.2. The molecule has 118 valence electrons. The number of carboxylic acid groups (broad SMARTS) is 1. The zero-order valence-corrected chi connectivity index (χ0v) is 13.7. The topological polar surface area (TPSA) is 69.6 Å². The number of hydrogen-bond acceptors (Lipinski definition) is 3. The van der Waals surface area contributed by atoms with E-state index in [2.05, 4.69) is 5.32 Å². The van der Waals surface area contributed by atoms with Gasteiger partial charge in [0.1, 0.15) is 0 Å². The molecule has 0 aromatic carbocycles. The van der Waals surface area contributed by atoms with E-state index in [4.69, 9.17) is 5.11 Å². The van der Waals surface area contributed by atoms with Gasteiger partial charge in [0, 0.05) is 17.0 Å². The van der Waals surface area contributed by atoms with Gasteiger partial charge in [-0.1, -0.05) is 19.4 Å². The lowest BCUT2D eigenvalue weighted by molar-refractivity contribution is -0.137. The van der Waals surface area contributed by atoms with Gasteiger partial charge in [-0.05, 0) is 31.7 Å². The Labute approximate surface area is 130 Å². The first-order valence-electron chi connectivity index (χ1n) is 7.25. The molecule has 2 N–H and O–H groups in total. The molecule has 1 aromatic rings. The van der Waals surface area contributed by atoms with E-state index >= 15 is 0 Å². The molecule has 0 spiro atoms. The molecule has 0 bridgehead atoms. The predicted molar refractivity (Wildman–Crippen MR) is 84.5 cm³/mol. The summed E-state index contributed by atoms with van der Waals surface area (Å²) < 4.78 is 0. The van der Waals surface area contributed by atoms with Crippen molar-refractivity contribution < 1.29 is 14.7 Å². The Hall–Kier alpha value is -1.56. The predicted octanol–water partition coefficient (Wildman–Crippen LogP) is 3.31. The molecule has 1 unspecified atom stereocenters. The van der Waals surface area contributed by atoms with Gasteiger partial charge in [-0.25, -0.2) is 4.79 Å². The number of nitrogens with one attached hydrogen (secondary N) is 1. The van der Waals surface area contributed by atoms with Crippen molar-refractivity contribution >= 4 is 23.3 Å². The number of aliphatic carboxylic acids is 1. The SMILES string of the molecule is CCCC(CC(=O)O)NC(=O)N(Cc1cccs1)C(C)C. The van der Waals surface area contributed by atoms with E-state index < -0.39 is 5.97 Å². The zero-order valence-electron chi connectivity index (χ0n) is 12.8. The second kappa shape index (κ2) is 8.67. The molecule has 0 aliphatic rings. The first kappa shape index (κ1) is 17.5. The quantitative estimate of drug-likeness (QED) is 0.773. The Balaban J connectivity index is 2.68. The molecule has 0 radical (unpaired) electrons. The zero-order chi connectivity index (χ0) is 15.8. The lowest BCUT2D eigenvalue weighted by atomic mass is 10.1. The van der Waals surface area contributed by atoms with Crippen LogP contribution in [0.1, 0.15) is 44.9 Å². The van der Waals surface area contributed by atoms with Crippen LogP contribution in [0.2, 0.25) is 0 Å². The molecule has 0 aliphatic heterocycles. The van der Waals surface area contributed by atoms with Gasteiger partial charge in [-0.2, -0.15) is 0 Å². The summed E-state index contributed by atoms with van der Waals surface area (Å²) in [5.74, 6) is -0.886. The number of urea groups is 1. The van der Waals surface area contributed by atoms with Gasteiger partial charge >= 0.3 is 12.0 Å². The maximum atomic E-state index is 12.4. The summed E-state index contributed by atoms with van der Waals surface area (Å²) in [6, 6.07) is 3.50. The minimum Gasteiger partial charge on any atom is -0.481 e. The highest BCUT2D eigenvalue weighted by Crippen LogP contribution is 2.14. The standard InChI is InChI=1S/C15H24N2O3S/c1-4-6-12(9-14(18)19)16-15(20)17(11(2)3)10-13-7-5-8-21-13/h5,7-8,11-12H,4,6,9-10H2,1-3H3,(H,16,20)(H,18,19). The molecule has 1 heterocycles. The number of carboxylic acids is 1. The minimum atomic E-state index is -0.886. The van der Waals surface area contributed by atoms with E-state index in [9.17, 15) is 9.59 Å². The second-order valence-electron chi connectivity index (χ2n) is 5.33. The highest BCUT2D eigenvalue weighted by atomic mass is 32.1. The Morgan fingerprint density at radius 3 is 2.62 bits per heavy atom. The van der Waals surface area contributed by atoms with Crippen molar-refractivity contribution in [3.05, 3.63) is 22.4 Å². The molecule has 1 aromatic heterocycles. The minimum absolute atomic E-state index is 0.0372. The number of carbonyl (C=O) groups is 2. The molecule has 6 heteroatoms. The summed E-state index contributed by atoms with van der Waals surface area (Å²) in [7, 11) is 0. The Kier molecular flexibility index (Phi) is 7.22. The van der Waals surface area contributed by atoms with Crippen LogP contribution in [-0.4, -0.2) is 34.1 Å². The Bertz CT molecular complexity index is 446. The molecule has 0 saturated heterocycles. The molecule has 1 rings (SSSR count). The van der Waals surface area contributed by atoms with Crippen LogP contribution >= 0.6 is 11.3 Å². The van der Waals surface area contributed by atoms with Crippen molar-refractivity contribution in [2.24, 2.45) is 0 Å². The van der Waals surface area contributed by atoms with E-state index in [-0.39, 0.29) is 24.5 Å². The van der Waals surface area contributed by atoms with Gasteiger partial charge in [0.15, 0.2) is 0 Å². The van der Waals surface area contributed by atoms with E-state index in [1.54, 1.807) is 16.2 Å². The van der Waals surface area contributed by atoms with Crippen LogP contribution in [0.5, 0.6) is 0 Å². The van der Waals surface area contributed by atoms with Crippen LogP contribution in [0.25, 0.3) is 0 Å². The number of amides is 2. The second-order valence-corrected chi connectivity index (χ2v) is 6.37. The van der Waals surface area contributed by atoms with Gasteiger partial charge in [-0.3, -0.25) is 4.79 Å². The third kappa shape index (κ3) is 6.16. The maximum Gasteiger partial charge on any atom is 0.318 e. The number of thiophene rings is 1. The molecular weight excluding hydrogens is 288 g/mol. The van der Waals surface area contributed by atoms with Crippen molar-refractivity contribution in [3.8, 4) is 0 Å². The van der Waals surface area contributed by atoms with E-state index in [1.165, 1.54) is 0 Å². The molecular formula is C15H24N2O3S. The number of nitrogens with zero attached hydrogens (tertiary/aromatic N) is 1. The van der Waals surface area contributed by atoms with Crippen LogP contribution < -0.4 is 5.32 Å². The number of carbonyl (C=O) groups excluding carboxylic acids is 1. The summed E-state index contributed by atoms with van der Waals surface area (Å²) in [4.78, 5) is 26.1. The van der Waals surface area contributed by atoms with Gasteiger partial charge in [-0.15, -0.1) is 11.3 Å². The van der Waals surface area contributed by atoms with Crippen molar-refractivity contribution in [3.63, 3.8) is 0 Å². The summed E-state index contributed by atoms with van der Waals surface area (Å²) >= 11 is 1.61. The number of rotatable bonds is 8. The first-order chi connectivity index (χ1) is 9.93. The fraction of sp³-hybridized carbons (Fsp3) is 0.600. The van der Waals surface area contributed by atoms with Crippen LogP contribution in [0.4, 0.5) is 4.79 Å². The summed E-state index contributed by atoms with van der Waals surface area (Å²) in [6.07, 6.45) is 1.47. The molecule has 5 nitrogen and oxygen atoms in total. The third-order valence-corrected chi connectivity index (χ3v) is 4.04. The van der Waals surface area contributed by atoms with Crippen molar-refractivity contribution in [1.82, 2.24) is 10.2 Å². The smallest absolute Gasteiger partial charge is 0.318 e. The fourth-order valence-corrected chi connectivity index (χ4v) is 2.80. The Morgan fingerprint density at radius 1 is 1.43 bits per heavy atom. The monoisotopic (exact) mass is 312 g/mol. The van der Waals surface area contributed by atoms with Crippen LogP contribution in [0.3, 0.4) is 0 Å². The summed E-state index contributed by atoms with van der Waals surface area (Å²) in [6.45, 7) is 6.44. The average molecular weight is 312 g/mol. The molecule has 0 fully saturated rings. The fourth-order valence-electron chi connectivity index (χ4n) is 2.10. The van der Waals surface area contributed by atoms with Gasteiger partial charge in [0.05, 0.1) is 13.0 Å². The highest BCUT2D eigenvalue weighted by Gasteiger charge is 2.22. The lowest BCUT2D eigenvalue weighted by Gasteiger charge is -2.28. The van der Waals surface area contributed by atoms with Gasteiger partial charge < -0.3 is 15.3 Å². The van der Waals surface area contributed by atoms with Crippen LogP contribution in [-0.2, 0) is 11.3 Å². The van der Waals surface area contributed by atoms with Crippen molar-refractivity contribution in [2.45, 2.75) is 58.7 Å². The van der Waals surface area contributed by atoms with Crippen molar-refractivity contribution in [2.75, 3.05) is 0 Å².